The van der Waals surface area contributed by atoms with Crippen LogP contribution >= 0.6 is 0 Å². The predicted octanol–water partition coefficient (Wildman–Crippen LogP) is 5.25. The Morgan fingerprint density at radius 2 is 1.52 bits per heavy atom. The molecule has 0 saturated heterocycles. The van der Waals surface area contributed by atoms with Crippen LogP contribution in [0.2, 0.25) is 0 Å². The molecule has 0 saturated carbocycles. The van der Waals surface area contributed by atoms with Gasteiger partial charge in [-0.1, -0.05) is 13.8 Å². The minimum Gasteiger partial charge on any atom is -0.508 e. The van der Waals surface area contributed by atoms with E-state index in [1.54, 1.807) is 24.3 Å². The molecule has 0 aliphatic heterocycles. The lowest BCUT2D eigenvalue weighted by atomic mass is 9.99. The Kier molecular flexibility index (Phi) is 4.26. The summed E-state index contributed by atoms with van der Waals surface area (Å²) < 4.78 is 0. The molecule has 4 nitrogen and oxygen atoms in total. The van der Waals surface area contributed by atoms with Crippen molar-refractivity contribution in [2.45, 2.75) is 33.6 Å². The molecule has 2 N–H and O–H groups in total. The van der Waals surface area contributed by atoms with Gasteiger partial charge in [-0.25, -0.2) is 0 Å². The number of benzene rings is 2. The first kappa shape index (κ1) is 15.0. The van der Waals surface area contributed by atoms with Crippen molar-refractivity contribution in [1.82, 2.24) is 0 Å². The molecule has 0 unspecified atom stereocenters. The fraction of sp³-hybridized carbons (Fsp3) is 0.294. The van der Waals surface area contributed by atoms with E-state index in [0.717, 1.165) is 22.4 Å². The maximum atomic E-state index is 9.83. The van der Waals surface area contributed by atoms with Crippen LogP contribution in [0.25, 0.3) is 0 Å². The molecule has 2 rings (SSSR count). The van der Waals surface area contributed by atoms with E-state index in [4.69, 9.17) is 0 Å². The number of hydrogen-bond donors (Lipinski definition) is 2. The Balaban J connectivity index is 2.40. The molecule has 0 aromatic heterocycles. The molecule has 0 atom stereocenters. The summed E-state index contributed by atoms with van der Waals surface area (Å²) in [4.78, 5) is 0. The highest BCUT2D eigenvalue weighted by molar-refractivity contribution is 5.55. The Labute approximate surface area is 124 Å². The first-order chi connectivity index (χ1) is 9.88. The second-order valence-electron chi connectivity index (χ2n) is 5.52. The van der Waals surface area contributed by atoms with Gasteiger partial charge in [0.1, 0.15) is 11.5 Å². The van der Waals surface area contributed by atoms with E-state index in [0.29, 0.717) is 5.69 Å². The lowest BCUT2D eigenvalue weighted by molar-refractivity contribution is 0.469. The van der Waals surface area contributed by atoms with Crippen LogP contribution in [0.15, 0.2) is 40.6 Å². The van der Waals surface area contributed by atoms with E-state index in [2.05, 4.69) is 10.2 Å². The van der Waals surface area contributed by atoms with E-state index in [1.165, 1.54) is 0 Å². The van der Waals surface area contributed by atoms with Gasteiger partial charge in [0, 0.05) is 0 Å². The van der Waals surface area contributed by atoms with E-state index >= 15 is 0 Å². The molecule has 0 amide bonds. The molecule has 21 heavy (non-hydrogen) atoms. The van der Waals surface area contributed by atoms with Crippen LogP contribution in [0, 0.1) is 13.8 Å². The number of aromatic hydroxyl groups is 2. The zero-order valence-electron chi connectivity index (χ0n) is 12.8. The Morgan fingerprint density at radius 3 is 2.14 bits per heavy atom. The van der Waals surface area contributed by atoms with Gasteiger partial charge in [0.15, 0.2) is 0 Å². The Bertz CT molecular complexity index is 691. The van der Waals surface area contributed by atoms with Gasteiger partial charge in [0.25, 0.3) is 0 Å². The normalized spacial score (nSPS) is 11.5. The maximum absolute atomic E-state index is 9.83. The second-order valence-corrected chi connectivity index (χ2v) is 5.52. The van der Waals surface area contributed by atoms with Crippen molar-refractivity contribution in [2.75, 3.05) is 0 Å². The standard InChI is InChI=1S/C17H20N2O2/c1-10(2)14-9-17(21)12(4)8-15(14)19-18-13-5-6-16(20)11(3)7-13/h5-10,20-21H,1-4H3/b19-18+. The zero-order chi connectivity index (χ0) is 15.6. The molecule has 0 bridgehead atoms. The van der Waals surface area contributed by atoms with Gasteiger partial charge in [0.05, 0.1) is 11.4 Å². The van der Waals surface area contributed by atoms with Gasteiger partial charge in [-0.05, 0) is 66.8 Å². The lowest BCUT2D eigenvalue weighted by Crippen LogP contribution is -1.89. The van der Waals surface area contributed by atoms with E-state index in [-0.39, 0.29) is 17.4 Å². The van der Waals surface area contributed by atoms with Crippen molar-refractivity contribution in [3.8, 4) is 11.5 Å². The number of phenolic OH excluding ortho intramolecular Hbond substituents is 2. The van der Waals surface area contributed by atoms with Crippen LogP contribution in [-0.4, -0.2) is 10.2 Å². The Hall–Kier alpha value is -2.36. The molecule has 0 spiro atoms. The van der Waals surface area contributed by atoms with Gasteiger partial charge in [-0.3, -0.25) is 0 Å². The summed E-state index contributed by atoms with van der Waals surface area (Å²) in [6.07, 6.45) is 0. The van der Waals surface area contributed by atoms with Crippen molar-refractivity contribution in [3.63, 3.8) is 0 Å². The summed E-state index contributed by atoms with van der Waals surface area (Å²) in [5.41, 5.74) is 3.93. The summed E-state index contributed by atoms with van der Waals surface area (Å²) in [5.74, 6) is 0.766. The van der Waals surface area contributed by atoms with Crippen LogP contribution < -0.4 is 0 Å². The van der Waals surface area contributed by atoms with Crippen LogP contribution in [0.3, 0.4) is 0 Å². The largest absolute Gasteiger partial charge is 0.508 e. The number of azo groups is 1. The van der Waals surface area contributed by atoms with Crippen LogP contribution in [0.1, 0.15) is 36.5 Å². The maximum Gasteiger partial charge on any atom is 0.118 e. The van der Waals surface area contributed by atoms with Crippen molar-refractivity contribution < 1.29 is 10.2 Å². The minimum absolute atomic E-state index is 0.243. The molecular formula is C17H20N2O2. The van der Waals surface area contributed by atoms with Crippen molar-refractivity contribution >= 4 is 11.4 Å². The van der Waals surface area contributed by atoms with E-state index in [9.17, 15) is 10.2 Å². The van der Waals surface area contributed by atoms with Crippen LogP contribution in [-0.2, 0) is 0 Å². The monoisotopic (exact) mass is 284 g/mol. The fourth-order valence-corrected chi connectivity index (χ4v) is 2.06. The minimum atomic E-state index is 0.243. The summed E-state index contributed by atoms with van der Waals surface area (Å²) in [7, 11) is 0. The lowest BCUT2D eigenvalue weighted by Gasteiger charge is -2.11. The molecule has 0 aliphatic rings. The summed E-state index contributed by atoms with van der Waals surface area (Å²) in [6, 6.07) is 8.68. The summed E-state index contributed by atoms with van der Waals surface area (Å²) in [5, 5.41) is 27.9. The van der Waals surface area contributed by atoms with Crippen molar-refractivity contribution in [3.05, 3.63) is 47.0 Å². The molecule has 0 heterocycles. The molecular weight excluding hydrogens is 264 g/mol. The topological polar surface area (TPSA) is 65.2 Å². The second kappa shape index (κ2) is 5.95. The first-order valence-corrected chi connectivity index (χ1v) is 6.93. The van der Waals surface area contributed by atoms with E-state index < -0.39 is 0 Å². The number of phenols is 2. The molecule has 2 aromatic rings. The van der Waals surface area contributed by atoms with Gasteiger partial charge in [0.2, 0.25) is 0 Å². The highest BCUT2D eigenvalue weighted by Gasteiger charge is 2.10. The number of hydrogen-bond acceptors (Lipinski definition) is 4. The number of rotatable bonds is 3. The quantitative estimate of drug-likeness (QED) is 0.755. The van der Waals surface area contributed by atoms with Gasteiger partial charge >= 0.3 is 0 Å². The summed E-state index contributed by atoms with van der Waals surface area (Å²) in [6.45, 7) is 7.75. The van der Waals surface area contributed by atoms with Crippen LogP contribution in [0.5, 0.6) is 11.5 Å². The van der Waals surface area contributed by atoms with Crippen molar-refractivity contribution in [2.24, 2.45) is 10.2 Å². The molecule has 2 aromatic carbocycles. The predicted molar refractivity (Wildman–Crippen MR) is 84.0 cm³/mol. The fourth-order valence-electron chi connectivity index (χ4n) is 2.06. The van der Waals surface area contributed by atoms with Gasteiger partial charge < -0.3 is 10.2 Å². The highest BCUT2D eigenvalue weighted by atomic mass is 16.3. The SMILES string of the molecule is Cc1cc(/N=N/c2cc(C)c(O)cc2C(C)C)ccc1O. The summed E-state index contributed by atoms with van der Waals surface area (Å²) >= 11 is 0. The first-order valence-electron chi connectivity index (χ1n) is 6.93. The third-order valence-corrected chi connectivity index (χ3v) is 3.42. The van der Waals surface area contributed by atoms with Crippen LogP contribution in [0.4, 0.5) is 11.4 Å². The molecule has 0 radical (unpaired) electrons. The average Bonchev–Trinajstić information content (AvgIpc) is 2.43. The van der Waals surface area contributed by atoms with Gasteiger partial charge in [-0.2, -0.15) is 10.2 Å². The zero-order valence-corrected chi connectivity index (χ0v) is 12.8. The average molecular weight is 284 g/mol. The molecule has 4 heteroatoms. The third-order valence-electron chi connectivity index (χ3n) is 3.42. The van der Waals surface area contributed by atoms with Crippen molar-refractivity contribution in [1.29, 1.82) is 0 Å². The number of aryl methyl sites for hydroxylation is 2. The third kappa shape index (κ3) is 3.40. The van der Waals surface area contributed by atoms with E-state index in [1.807, 2.05) is 33.8 Å². The molecule has 0 aliphatic carbocycles. The molecule has 0 fully saturated rings. The Morgan fingerprint density at radius 1 is 0.857 bits per heavy atom. The smallest absolute Gasteiger partial charge is 0.118 e. The molecule has 110 valence electrons. The highest BCUT2D eigenvalue weighted by Crippen LogP contribution is 2.34. The van der Waals surface area contributed by atoms with Gasteiger partial charge in [-0.15, -0.1) is 0 Å². The number of nitrogens with zero attached hydrogens (tertiary/aromatic N) is 2.